The Morgan fingerprint density at radius 2 is 1.92 bits per heavy atom. The molecule has 0 radical (unpaired) electrons. The molecule has 0 heterocycles. The van der Waals surface area contributed by atoms with Crippen LogP contribution in [0.4, 0.5) is 0 Å². The number of hydrogen-bond acceptors (Lipinski definition) is 5. The average molecular weight is 362 g/mol. The van der Waals surface area contributed by atoms with Crippen molar-refractivity contribution in [1.29, 1.82) is 0 Å². The highest BCUT2D eigenvalue weighted by atomic mass is 16.4. The zero-order valence-electron chi connectivity index (χ0n) is 15.7. The van der Waals surface area contributed by atoms with Crippen LogP contribution in [0.5, 0.6) is 0 Å². The van der Waals surface area contributed by atoms with Crippen molar-refractivity contribution in [2.75, 3.05) is 6.61 Å². The molecule has 0 unspecified atom stereocenters. The maximum absolute atomic E-state index is 13.3. The minimum absolute atomic E-state index is 0.0951. The fraction of sp³-hybridized carbons (Fsp3) is 0.810. The summed E-state index contributed by atoms with van der Waals surface area (Å²) in [7, 11) is 0. The molecule has 4 aliphatic carbocycles. The van der Waals surface area contributed by atoms with Crippen LogP contribution in [0.1, 0.15) is 58.8 Å². The van der Waals surface area contributed by atoms with Crippen LogP contribution in [-0.4, -0.2) is 45.2 Å². The Kier molecular flexibility index (Phi) is 4.04. The van der Waals surface area contributed by atoms with Crippen molar-refractivity contribution in [2.45, 2.75) is 70.5 Å². The van der Waals surface area contributed by atoms with E-state index in [2.05, 4.69) is 6.92 Å². The third-order valence-corrected chi connectivity index (χ3v) is 8.59. The van der Waals surface area contributed by atoms with Gasteiger partial charge in [0, 0.05) is 24.2 Å². The van der Waals surface area contributed by atoms with Gasteiger partial charge in [-0.3, -0.25) is 9.59 Å². The maximum atomic E-state index is 13.3. The Bertz CT molecular complexity index is 684. The summed E-state index contributed by atoms with van der Waals surface area (Å²) in [4.78, 5) is 25.2. The van der Waals surface area contributed by atoms with Crippen LogP contribution in [-0.2, 0) is 9.59 Å². The van der Waals surface area contributed by atoms with Gasteiger partial charge in [0.2, 0.25) is 0 Å². The van der Waals surface area contributed by atoms with Crippen LogP contribution in [0.2, 0.25) is 0 Å². The standard InChI is InChI=1S/C21H30O5/c1-19-7-5-13(23)9-12(19)3-4-14-15-6-8-21(26,17(25)11-22)20(15,2)10-16(24)18(14)19/h9,14-15,17-18,22,25-26H,3-8,10-11H2,1-2H3/t14-,15-,17-,18+,19-,20-,21-/m0/s1. The summed E-state index contributed by atoms with van der Waals surface area (Å²) in [6.07, 6.45) is 4.93. The highest BCUT2D eigenvalue weighted by Crippen LogP contribution is 2.66. The molecule has 0 aromatic carbocycles. The zero-order chi connectivity index (χ0) is 18.9. The van der Waals surface area contributed by atoms with E-state index >= 15 is 0 Å². The first kappa shape index (κ1) is 18.3. The second kappa shape index (κ2) is 5.73. The van der Waals surface area contributed by atoms with Gasteiger partial charge < -0.3 is 15.3 Å². The number of rotatable bonds is 2. The van der Waals surface area contributed by atoms with Crippen molar-refractivity contribution in [3.63, 3.8) is 0 Å². The van der Waals surface area contributed by atoms with Crippen molar-refractivity contribution < 1.29 is 24.9 Å². The number of allylic oxidation sites excluding steroid dienone is 1. The number of fused-ring (bicyclic) bond motifs is 5. The van der Waals surface area contributed by atoms with E-state index in [4.69, 9.17) is 0 Å². The van der Waals surface area contributed by atoms with Crippen LogP contribution in [0.25, 0.3) is 0 Å². The quantitative estimate of drug-likeness (QED) is 0.696. The highest BCUT2D eigenvalue weighted by molar-refractivity contribution is 5.93. The zero-order valence-corrected chi connectivity index (χ0v) is 15.7. The molecule has 0 aromatic heterocycles. The van der Waals surface area contributed by atoms with Crippen molar-refractivity contribution in [1.82, 2.24) is 0 Å². The number of carbonyl (C=O) groups excluding carboxylic acids is 2. The minimum Gasteiger partial charge on any atom is -0.394 e. The number of carbonyl (C=O) groups is 2. The summed E-state index contributed by atoms with van der Waals surface area (Å²) in [5.74, 6) is 0.568. The van der Waals surface area contributed by atoms with E-state index in [1.54, 1.807) is 6.08 Å². The van der Waals surface area contributed by atoms with E-state index < -0.39 is 23.7 Å². The molecular weight excluding hydrogens is 332 g/mol. The van der Waals surface area contributed by atoms with Crippen molar-refractivity contribution in [3.8, 4) is 0 Å². The summed E-state index contributed by atoms with van der Waals surface area (Å²) in [5, 5.41) is 31.0. The number of aliphatic hydroxyl groups excluding tert-OH is 2. The third-order valence-electron chi connectivity index (χ3n) is 8.59. The van der Waals surface area contributed by atoms with Gasteiger partial charge in [0.25, 0.3) is 0 Å². The maximum Gasteiger partial charge on any atom is 0.155 e. The Labute approximate surface area is 154 Å². The normalized spacial score (nSPS) is 49.1. The van der Waals surface area contributed by atoms with E-state index in [9.17, 15) is 24.9 Å². The van der Waals surface area contributed by atoms with Gasteiger partial charge in [0.1, 0.15) is 11.9 Å². The molecule has 0 aromatic rings. The Hall–Kier alpha value is -1.04. The topological polar surface area (TPSA) is 94.8 Å². The first-order valence-electron chi connectivity index (χ1n) is 9.95. The summed E-state index contributed by atoms with van der Waals surface area (Å²) in [6, 6.07) is 0. The second-order valence-electron chi connectivity index (χ2n) is 9.56. The molecule has 0 bridgehead atoms. The van der Waals surface area contributed by atoms with Crippen LogP contribution >= 0.6 is 0 Å². The summed E-state index contributed by atoms with van der Waals surface area (Å²) in [5.41, 5.74) is -1.22. The summed E-state index contributed by atoms with van der Waals surface area (Å²) >= 11 is 0. The molecule has 144 valence electrons. The Morgan fingerprint density at radius 3 is 2.62 bits per heavy atom. The van der Waals surface area contributed by atoms with E-state index in [0.717, 1.165) is 31.3 Å². The summed E-state index contributed by atoms with van der Waals surface area (Å²) < 4.78 is 0. The van der Waals surface area contributed by atoms with E-state index in [0.29, 0.717) is 12.8 Å². The molecular formula is C21H30O5. The van der Waals surface area contributed by atoms with Gasteiger partial charge in [0.15, 0.2) is 5.78 Å². The first-order valence-corrected chi connectivity index (χ1v) is 9.95. The molecule has 3 fully saturated rings. The monoisotopic (exact) mass is 362 g/mol. The minimum atomic E-state index is -1.41. The largest absolute Gasteiger partial charge is 0.394 e. The lowest BCUT2D eigenvalue weighted by Gasteiger charge is -2.58. The predicted molar refractivity (Wildman–Crippen MR) is 95.1 cm³/mol. The van der Waals surface area contributed by atoms with Gasteiger partial charge in [-0.2, -0.15) is 0 Å². The van der Waals surface area contributed by atoms with Gasteiger partial charge in [-0.25, -0.2) is 0 Å². The molecule has 5 heteroatoms. The number of ketones is 2. The highest BCUT2D eigenvalue weighted by Gasteiger charge is 2.68. The third kappa shape index (κ3) is 2.14. The smallest absolute Gasteiger partial charge is 0.155 e. The van der Waals surface area contributed by atoms with Gasteiger partial charge in [0.05, 0.1) is 12.2 Å². The van der Waals surface area contributed by atoms with Crippen LogP contribution in [0.15, 0.2) is 11.6 Å². The number of hydrogen-bond donors (Lipinski definition) is 3. The lowest BCUT2D eigenvalue weighted by molar-refractivity contribution is -0.187. The first-order chi connectivity index (χ1) is 12.2. The van der Waals surface area contributed by atoms with Gasteiger partial charge >= 0.3 is 0 Å². The molecule has 4 aliphatic rings. The molecule has 0 aliphatic heterocycles. The molecule has 0 amide bonds. The van der Waals surface area contributed by atoms with Gasteiger partial charge in [-0.1, -0.05) is 19.4 Å². The van der Waals surface area contributed by atoms with Crippen LogP contribution in [0, 0.1) is 28.6 Å². The van der Waals surface area contributed by atoms with Gasteiger partial charge in [-0.15, -0.1) is 0 Å². The van der Waals surface area contributed by atoms with E-state index in [1.807, 2.05) is 6.92 Å². The number of Topliss-reactive ketones (excluding diaryl/α,β-unsaturated/α-hetero) is 1. The van der Waals surface area contributed by atoms with E-state index in [-0.39, 0.29) is 41.2 Å². The molecule has 4 rings (SSSR count). The fourth-order valence-electron chi connectivity index (χ4n) is 7.12. The molecule has 3 N–H and O–H groups in total. The molecule has 0 spiro atoms. The average Bonchev–Trinajstić information content (AvgIpc) is 2.86. The lowest BCUT2D eigenvalue weighted by Crippen LogP contribution is -2.62. The van der Waals surface area contributed by atoms with Crippen LogP contribution in [0.3, 0.4) is 0 Å². The molecule has 7 atom stereocenters. The SMILES string of the molecule is C[C@]12CCC(=O)C=C1CC[C@@H]1[C@@H]2C(=O)C[C@@]2(C)[C@H]1CC[C@]2(O)[C@@H](O)CO. The van der Waals surface area contributed by atoms with Crippen molar-refractivity contribution in [2.24, 2.45) is 28.6 Å². The number of aliphatic hydroxyl groups is 3. The Balaban J connectivity index is 1.74. The summed E-state index contributed by atoms with van der Waals surface area (Å²) in [6.45, 7) is 3.58. The van der Waals surface area contributed by atoms with Crippen molar-refractivity contribution >= 4 is 11.6 Å². The van der Waals surface area contributed by atoms with Crippen LogP contribution < -0.4 is 0 Å². The predicted octanol–water partition coefficient (Wildman–Crippen LogP) is 1.78. The fourth-order valence-corrected chi connectivity index (χ4v) is 7.12. The van der Waals surface area contributed by atoms with E-state index in [1.165, 1.54) is 0 Å². The van der Waals surface area contributed by atoms with Crippen molar-refractivity contribution in [3.05, 3.63) is 11.6 Å². The Morgan fingerprint density at radius 1 is 1.19 bits per heavy atom. The molecule has 0 saturated heterocycles. The lowest BCUT2D eigenvalue weighted by atomic mass is 9.45. The van der Waals surface area contributed by atoms with Gasteiger partial charge in [-0.05, 0) is 55.4 Å². The second-order valence-corrected chi connectivity index (χ2v) is 9.56. The molecule has 5 nitrogen and oxygen atoms in total. The molecule has 3 saturated carbocycles. The molecule has 26 heavy (non-hydrogen) atoms.